The third-order valence-electron chi connectivity index (χ3n) is 4.58. The lowest BCUT2D eigenvalue weighted by Gasteiger charge is -2.36. The minimum absolute atomic E-state index is 0.375. The molecule has 2 rings (SSSR count). The van der Waals surface area contributed by atoms with Crippen LogP contribution in [0.4, 0.5) is 0 Å². The average Bonchev–Trinajstić information content (AvgIpc) is 2.49. The molecule has 3 nitrogen and oxygen atoms in total. The summed E-state index contributed by atoms with van der Waals surface area (Å²) in [5.74, 6) is 1.11. The molecular weight excluding hydrogens is 248 g/mol. The second-order valence-electron chi connectivity index (χ2n) is 6.15. The number of hydrogen-bond donors (Lipinski definition) is 1. The number of likely N-dealkylation sites (tertiary alicyclic amines) is 1. The van der Waals surface area contributed by atoms with Gasteiger partial charge in [-0.2, -0.15) is 0 Å². The molecule has 1 saturated heterocycles. The fraction of sp³-hybridized carbons (Fsp3) is 0.647. The first kappa shape index (κ1) is 15.5. The summed E-state index contributed by atoms with van der Waals surface area (Å²) in [6.07, 6.45) is 1.60. The van der Waals surface area contributed by atoms with Crippen LogP contribution in [0.15, 0.2) is 24.3 Å². The quantitative estimate of drug-likeness (QED) is 0.898. The highest BCUT2D eigenvalue weighted by Gasteiger charge is 2.25. The van der Waals surface area contributed by atoms with E-state index < -0.39 is 0 Å². The summed E-state index contributed by atoms with van der Waals surface area (Å²) in [5.41, 5.74) is 8.42. The lowest BCUT2D eigenvalue weighted by Crippen LogP contribution is -2.43. The van der Waals surface area contributed by atoms with Gasteiger partial charge in [0.25, 0.3) is 0 Å². The van der Waals surface area contributed by atoms with Crippen molar-refractivity contribution in [1.29, 1.82) is 0 Å². The Morgan fingerprint density at radius 1 is 1.35 bits per heavy atom. The Morgan fingerprint density at radius 3 is 2.65 bits per heavy atom. The summed E-state index contributed by atoms with van der Waals surface area (Å²) in [6, 6.07) is 8.91. The van der Waals surface area contributed by atoms with E-state index in [1.54, 1.807) is 0 Å². The lowest BCUT2D eigenvalue weighted by atomic mass is 9.95. The Bertz CT molecular complexity index is 404. The third kappa shape index (κ3) is 3.81. The molecular formula is C17H28N2O. The van der Waals surface area contributed by atoms with Crippen molar-refractivity contribution in [2.24, 2.45) is 11.7 Å². The van der Waals surface area contributed by atoms with Crippen LogP contribution in [-0.4, -0.2) is 37.7 Å². The summed E-state index contributed by atoms with van der Waals surface area (Å²) in [7, 11) is 1.83. The summed E-state index contributed by atoms with van der Waals surface area (Å²) >= 11 is 0. The molecule has 1 aliphatic heterocycles. The van der Waals surface area contributed by atoms with Gasteiger partial charge in [0.1, 0.15) is 0 Å². The number of rotatable bonds is 5. The van der Waals surface area contributed by atoms with E-state index in [9.17, 15) is 0 Å². The van der Waals surface area contributed by atoms with Gasteiger partial charge < -0.3 is 10.5 Å². The Balaban J connectivity index is 1.93. The number of methoxy groups -OCH3 is 1. The van der Waals surface area contributed by atoms with Crippen molar-refractivity contribution in [1.82, 2.24) is 4.90 Å². The first-order valence-electron chi connectivity index (χ1n) is 7.68. The van der Waals surface area contributed by atoms with Crippen LogP contribution in [0.1, 0.15) is 37.3 Å². The van der Waals surface area contributed by atoms with Gasteiger partial charge >= 0.3 is 0 Å². The van der Waals surface area contributed by atoms with Gasteiger partial charge in [0.2, 0.25) is 0 Å². The van der Waals surface area contributed by atoms with Crippen LogP contribution in [0.2, 0.25) is 0 Å². The maximum absolute atomic E-state index is 5.71. The molecule has 0 spiro atoms. The molecule has 20 heavy (non-hydrogen) atoms. The van der Waals surface area contributed by atoms with Crippen LogP contribution < -0.4 is 5.73 Å². The predicted octanol–water partition coefficient (Wildman–Crippen LogP) is 2.61. The highest BCUT2D eigenvalue weighted by atomic mass is 16.5. The van der Waals surface area contributed by atoms with Crippen molar-refractivity contribution in [2.45, 2.75) is 38.8 Å². The Kier molecular flexibility index (Phi) is 5.58. The van der Waals surface area contributed by atoms with Gasteiger partial charge in [0.15, 0.2) is 0 Å². The van der Waals surface area contributed by atoms with Gasteiger partial charge in [-0.3, -0.25) is 4.90 Å². The second-order valence-corrected chi connectivity index (χ2v) is 6.15. The molecule has 1 aromatic rings. The molecule has 0 aromatic heterocycles. The molecule has 3 heteroatoms. The molecule has 0 radical (unpaired) electrons. The zero-order valence-corrected chi connectivity index (χ0v) is 13.0. The summed E-state index contributed by atoms with van der Waals surface area (Å²) in [5, 5.41) is 0. The van der Waals surface area contributed by atoms with Crippen molar-refractivity contribution in [2.75, 3.05) is 26.7 Å². The van der Waals surface area contributed by atoms with Gasteiger partial charge in [-0.15, -0.1) is 0 Å². The van der Waals surface area contributed by atoms with Crippen LogP contribution in [-0.2, 0) is 11.3 Å². The van der Waals surface area contributed by atoms with E-state index in [2.05, 4.69) is 43.0 Å². The zero-order valence-electron chi connectivity index (χ0n) is 13.0. The van der Waals surface area contributed by atoms with Gasteiger partial charge in [0.05, 0.1) is 6.10 Å². The van der Waals surface area contributed by atoms with E-state index >= 15 is 0 Å². The molecule has 3 unspecified atom stereocenters. The van der Waals surface area contributed by atoms with E-state index in [-0.39, 0.29) is 0 Å². The molecule has 1 fully saturated rings. The molecule has 0 amide bonds. The monoisotopic (exact) mass is 276 g/mol. The number of ether oxygens (including phenoxy) is 1. The molecule has 1 aliphatic rings. The largest absolute Gasteiger partial charge is 0.380 e. The topological polar surface area (TPSA) is 38.5 Å². The Labute approximate surface area is 123 Å². The fourth-order valence-electron chi connectivity index (χ4n) is 2.89. The van der Waals surface area contributed by atoms with E-state index in [0.29, 0.717) is 24.5 Å². The summed E-state index contributed by atoms with van der Waals surface area (Å²) in [6.45, 7) is 8.39. The smallest absolute Gasteiger partial charge is 0.0724 e. The maximum atomic E-state index is 5.71. The van der Waals surface area contributed by atoms with Crippen molar-refractivity contribution in [3.63, 3.8) is 0 Å². The van der Waals surface area contributed by atoms with Gasteiger partial charge in [-0.05, 0) is 42.5 Å². The Hall–Kier alpha value is -0.900. The van der Waals surface area contributed by atoms with E-state index in [0.717, 1.165) is 13.1 Å². The van der Waals surface area contributed by atoms with E-state index in [4.69, 9.17) is 10.5 Å². The third-order valence-corrected chi connectivity index (χ3v) is 4.58. The minimum atomic E-state index is 0.375. The maximum Gasteiger partial charge on any atom is 0.0724 e. The fourth-order valence-corrected chi connectivity index (χ4v) is 2.89. The highest BCUT2D eigenvalue weighted by molar-refractivity contribution is 5.25. The first-order chi connectivity index (χ1) is 9.63. The van der Waals surface area contributed by atoms with E-state index in [1.165, 1.54) is 24.1 Å². The molecule has 0 bridgehead atoms. The number of piperidine rings is 1. The van der Waals surface area contributed by atoms with Crippen molar-refractivity contribution in [3.8, 4) is 0 Å². The molecule has 1 aromatic carbocycles. The number of benzene rings is 1. The number of hydrogen-bond acceptors (Lipinski definition) is 3. The van der Waals surface area contributed by atoms with Crippen molar-refractivity contribution in [3.05, 3.63) is 35.4 Å². The van der Waals surface area contributed by atoms with Gasteiger partial charge in [0, 0.05) is 20.2 Å². The molecule has 3 atom stereocenters. The van der Waals surface area contributed by atoms with Crippen molar-refractivity contribution >= 4 is 0 Å². The lowest BCUT2D eigenvalue weighted by molar-refractivity contribution is -0.00744. The Morgan fingerprint density at radius 2 is 2.05 bits per heavy atom. The average molecular weight is 276 g/mol. The van der Waals surface area contributed by atoms with Gasteiger partial charge in [-0.25, -0.2) is 0 Å². The summed E-state index contributed by atoms with van der Waals surface area (Å²) in [4.78, 5) is 2.50. The number of nitrogens with two attached hydrogens (primary N) is 1. The molecule has 0 aliphatic carbocycles. The van der Waals surface area contributed by atoms with Crippen LogP contribution in [0.25, 0.3) is 0 Å². The SMILES string of the molecule is COC1CN(Cc2ccc(C(C)CN)cc2)CCC1C. The normalized spacial score (nSPS) is 25.6. The van der Waals surface area contributed by atoms with Crippen LogP contribution >= 0.6 is 0 Å². The van der Waals surface area contributed by atoms with Gasteiger partial charge in [-0.1, -0.05) is 38.1 Å². The predicted molar refractivity (Wildman–Crippen MR) is 83.8 cm³/mol. The molecule has 112 valence electrons. The van der Waals surface area contributed by atoms with Crippen LogP contribution in [0.5, 0.6) is 0 Å². The van der Waals surface area contributed by atoms with Crippen LogP contribution in [0, 0.1) is 5.92 Å². The zero-order chi connectivity index (χ0) is 14.5. The van der Waals surface area contributed by atoms with E-state index in [1.807, 2.05) is 7.11 Å². The first-order valence-corrected chi connectivity index (χ1v) is 7.68. The molecule has 1 heterocycles. The minimum Gasteiger partial charge on any atom is -0.380 e. The van der Waals surface area contributed by atoms with Crippen molar-refractivity contribution < 1.29 is 4.74 Å². The highest BCUT2D eigenvalue weighted by Crippen LogP contribution is 2.21. The summed E-state index contributed by atoms with van der Waals surface area (Å²) < 4.78 is 5.58. The van der Waals surface area contributed by atoms with Crippen LogP contribution in [0.3, 0.4) is 0 Å². The molecule has 2 N–H and O–H groups in total. The standard InChI is InChI=1S/C17H28N2O/c1-13-8-9-19(12-17(13)20-3)11-15-4-6-16(7-5-15)14(2)10-18/h4-7,13-14,17H,8-12,18H2,1-3H3. The molecule has 0 saturated carbocycles. The number of nitrogens with zero attached hydrogens (tertiary/aromatic N) is 1. The second kappa shape index (κ2) is 7.21.